The van der Waals surface area contributed by atoms with Gasteiger partial charge in [0.05, 0.1) is 30.2 Å². The number of nitrogens with one attached hydrogen (secondary N) is 3. The van der Waals surface area contributed by atoms with Gasteiger partial charge in [-0.1, -0.05) is 48.0 Å². The largest absolute Gasteiger partial charge is 0.465 e. The van der Waals surface area contributed by atoms with Crippen LogP contribution < -0.4 is 15.5 Å². The number of anilines is 2. The molecule has 7 rings (SSSR count). The van der Waals surface area contributed by atoms with Crippen molar-refractivity contribution in [2.45, 2.75) is 24.9 Å². The number of esters is 1. The fourth-order valence-electron chi connectivity index (χ4n) is 6.82. The third kappa shape index (κ3) is 3.18. The second-order valence-electron chi connectivity index (χ2n) is 10.6. The first-order chi connectivity index (χ1) is 19.3. The number of ether oxygens (including phenoxy) is 1. The van der Waals surface area contributed by atoms with Gasteiger partial charge in [-0.15, -0.1) is 0 Å². The maximum absolute atomic E-state index is 14.3. The number of nitrogens with zero attached hydrogens (tertiary/aromatic N) is 1. The highest BCUT2D eigenvalue weighted by Crippen LogP contribution is 2.54. The van der Waals surface area contributed by atoms with E-state index in [1.54, 1.807) is 18.2 Å². The predicted octanol–water partition coefficient (Wildman–Crippen LogP) is 3.43. The van der Waals surface area contributed by atoms with Gasteiger partial charge in [-0.05, 0) is 43.2 Å². The molecule has 4 aromatic rings. The fraction of sp³-hybridized carbons (Fsp3) is 0.226. The van der Waals surface area contributed by atoms with E-state index in [0.29, 0.717) is 17.7 Å². The van der Waals surface area contributed by atoms with Gasteiger partial charge in [-0.3, -0.25) is 19.7 Å². The van der Waals surface area contributed by atoms with E-state index in [1.165, 1.54) is 13.2 Å². The molecule has 9 nitrogen and oxygen atoms in total. The molecule has 9 heteroatoms. The third-order valence-corrected chi connectivity index (χ3v) is 8.54. The highest BCUT2D eigenvalue weighted by Gasteiger charge is 2.70. The van der Waals surface area contributed by atoms with E-state index in [2.05, 4.69) is 15.6 Å². The van der Waals surface area contributed by atoms with Crippen LogP contribution in [0.3, 0.4) is 0 Å². The quantitative estimate of drug-likeness (QED) is 0.273. The lowest BCUT2D eigenvalue weighted by Crippen LogP contribution is -2.53. The highest BCUT2D eigenvalue weighted by molar-refractivity contribution is 6.27. The number of aromatic nitrogens is 1. The summed E-state index contributed by atoms with van der Waals surface area (Å²) in [6.45, 7) is 1.92. The van der Waals surface area contributed by atoms with Crippen molar-refractivity contribution in [2.75, 3.05) is 17.3 Å². The smallest absolute Gasteiger partial charge is 0.339 e. The monoisotopic (exact) mass is 534 g/mol. The molecule has 3 amide bonds. The van der Waals surface area contributed by atoms with E-state index < -0.39 is 41.2 Å². The molecule has 0 aliphatic carbocycles. The average molecular weight is 535 g/mol. The molecule has 40 heavy (non-hydrogen) atoms. The van der Waals surface area contributed by atoms with Crippen molar-refractivity contribution in [2.24, 2.45) is 11.8 Å². The lowest BCUT2D eigenvalue weighted by molar-refractivity contribution is -0.130. The summed E-state index contributed by atoms with van der Waals surface area (Å²) in [6.07, 6.45) is 2.32. The zero-order valence-electron chi connectivity index (χ0n) is 21.9. The molecule has 200 valence electrons. The molecule has 3 aliphatic heterocycles. The molecule has 4 atom stereocenters. The fourth-order valence-corrected chi connectivity index (χ4v) is 6.82. The summed E-state index contributed by atoms with van der Waals surface area (Å²) < 4.78 is 4.93. The standard InChI is InChI=1S/C31H26N4O5/c1-16-11-12-22-20(13-16)31(30(39)33-22)26-25(23(34-31)14-17-15-32-21-9-5-3-7-18(17)21)27(36)35(28(26)37)24-10-6-4-8-19(24)29(38)40-2/h3-13,15,23,25-26,32,34H,14H2,1-2H3,(H,33,39)/t23-,25+,26-,31+/m0/s1. The van der Waals surface area contributed by atoms with Crippen LogP contribution in [0.4, 0.5) is 11.4 Å². The number of rotatable bonds is 4. The normalized spacial score (nSPS) is 25.0. The molecule has 3 aliphatic rings. The second-order valence-corrected chi connectivity index (χ2v) is 10.6. The number of H-pyrrole nitrogens is 1. The van der Waals surface area contributed by atoms with Crippen LogP contribution in [-0.2, 0) is 31.1 Å². The number of imide groups is 1. The molecule has 0 saturated carbocycles. The Hall–Kier alpha value is -4.76. The number of para-hydroxylation sites is 2. The van der Waals surface area contributed by atoms with Gasteiger partial charge in [0.2, 0.25) is 17.7 Å². The molecule has 0 bridgehead atoms. The molecular formula is C31H26N4O5. The molecule has 0 radical (unpaired) electrons. The van der Waals surface area contributed by atoms with E-state index in [0.717, 1.165) is 26.9 Å². The lowest BCUT2D eigenvalue weighted by atomic mass is 9.76. The molecule has 1 aromatic heterocycles. The number of fused-ring (bicyclic) bond motifs is 5. The molecule has 3 aromatic carbocycles. The van der Waals surface area contributed by atoms with Gasteiger partial charge in [-0.2, -0.15) is 0 Å². The molecular weight excluding hydrogens is 508 g/mol. The molecule has 4 heterocycles. The summed E-state index contributed by atoms with van der Waals surface area (Å²) in [4.78, 5) is 59.4. The first-order valence-electron chi connectivity index (χ1n) is 13.2. The number of carbonyl (C=O) groups is 4. The number of aromatic amines is 1. The molecule has 2 saturated heterocycles. The van der Waals surface area contributed by atoms with E-state index in [-0.39, 0.29) is 17.2 Å². The number of hydrogen-bond acceptors (Lipinski definition) is 6. The van der Waals surface area contributed by atoms with Gasteiger partial charge in [-0.25, -0.2) is 9.69 Å². The lowest BCUT2D eigenvalue weighted by Gasteiger charge is -2.30. The first kappa shape index (κ1) is 24.3. The van der Waals surface area contributed by atoms with Crippen molar-refractivity contribution in [3.8, 4) is 0 Å². The number of benzene rings is 3. The Bertz CT molecular complexity index is 1760. The van der Waals surface area contributed by atoms with Crippen molar-refractivity contribution in [1.29, 1.82) is 0 Å². The van der Waals surface area contributed by atoms with Crippen molar-refractivity contribution in [3.63, 3.8) is 0 Å². The summed E-state index contributed by atoms with van der Waals surface area (Å²) in [5.41, 5.74) is 2.95. The van der Waals surface area contributed by atoms with Crippen molar-refractivity contribution in [3.05, 3.63) is 95.2 Å². The Morgan fingerprint density at radius 2 is 1.77 bits per heavy atom. The number of hydrogen-bond donors (Lipinski definition) is 3. The number of amides is 3. The van der Waals surface area contributed by atoms with Crippen LogP contribution in [0.15, 0.2) is 72.9 Å². The molecule has 2 fully saturated rings. The zero-order chi connectivity index (χ0) is 27.8. The number of methoxy groups -OCH3 is 1. The van der Waals surface area contributed by atoms with E-state index in [9.17, 15) is 19.2 Å². The third-order valence-electron chi connectivity index (χ3n) is 8.54. The minimum atomic E-state index is -1.44. The highest BCUT2D eigenvalue weighted by atomic mass is 16.5. The summed E-state index contributed by atoms with van der Waals surface area (Å²) in [5.74, 6) is -3.85. The Morgan fingerprint density at radius 3 is 2.60 bits per heavy atom. The van der Waals surface area contributed by atoms with Gasteiger partial charge in [0.25, 0.3) is 0 Å². The van der Waals surface area contributed by atoms with Crippen molar-refractivity contribution in [1.82, 2.24) is 10.3 Å². The summed E-state index contributed by atoms with van der Waals surface area (Å²) in [6, 6.07) is 19.4. The summed E-state index contributed by atoms with van der Waals surface area (Å²) >= 11 is 0. The van der Waals surface area contributed by atoms with Crippen molar-refractivity contribution >= 4 is 46.0 Å². The average Bonchev–Trinajstić information content (AvgIpc) is 3.67. The van der Waals surface area contributed by atoms with Crippen molar-refractivity contribution < 1.29 is 23.9 Å². The van der Waals surface area contributed by atoms with E-state index in [4.69, 9.17) is 4.74 Å². The van der Waals surface area contributed by atoms with Gasteiger partial charge >= 0.3 is 5.97 Å². The van der Waals surface area contributed by atoms with Gasteiger partial charge < -0.3 is 15.0 Å². The van der Waals surface area contributed by atoms with Gasteiger partial charge in [0, 0.05) is 34.4 Å². The zero-order valence-corrected chi connectivity index (χ0v) is 21.9. The Labute approximate surface area is 229 Å². The second kappa shape index (κ2) is 8.62. The number of aryl methyl sites for hydroxylation is 1. The molecule has 1 spiro atoms. The first-order valence-corrected chi connectivity index (χ1v) is 13.2. The Kier molecular flexibility index (Phi) is 5.24. The van der Waals surface area contributed by atoms with Crippen LogP contribution in [0.25, 0.3) is 10.9 Å². The minimum absolute atomic E-state index is 0.106. The maximum atomic E-state index is 14.3. The minimum Gasteiger partial charge on any atom is -0.465 e. The Morgan fingerprint density at radius 1 is 1.00 bits per heavy atom. The van der Waals surface area contributed by atoms with Gasteiger partial charge in [0.1, 0.15) is 5.54 Å². The number of carbonyl (C=O) groups excluding carboxylic acids is 4. The predicted molar refractivity (Wildman–Crippen MR) is 148 cm³/mol. The maximum Gasteiger partial charge on any atom is 0.339 e. The summed E-state index contributed by atoms with van der Waals surface area (Å²) in [7, 11) is 1.25. The topological polar surface area (TPSA) is 121 Å². The van der Waals surface area contributed by atoms with Crippen LogP contribution in [0.5, 0.6) is 0 Å². The SMILES string of the molecule is COC(=O)c1ccccc1N1C(=O)[C@@H]2[C@H](Cc3c[nH]c4ccccc34)N[C@@]3(C(=O)Nc4ccc(C)cc43)[C@@H]2C1=O. The van der Waals surface area contributed by atoms with Crippen LogP contribution in [0.2, 0.25) is 0 Å². The van der Waals surface area contributed by atoms with Gasteiger partial charge in [0.15, 0.2) is 0 Å². The van der Waals surface area contributed by atoms with Crippen LogP contribution >= 0.6 is 0 Å². The van der Waals surface area contributed by atoms with Crippen LogP contribution in [0, 0.1) is 18.8 Å². The van der Waals surface area contributed by atoms with Crippen LogP contribution in [0.1, 0.15) is 27.0 Å². The molecule has 3 N–H and O–H groups in total. The van der Waals surface area contributed by atoms with E-state index >= 15 is 0 Å². The molecule has 0 unspecified atom stereocenters. The van der Waals surface area contributed by atoms with Crippen LogP contribution in [-0.4, -0.2) is 41.8 Å². The Balaban J connectivity index is 1.40. The summed E-state index contributed by atoms with van der Waals surface area (Å²) in [5, 5.41) is 7.46. The van der Waals surface area contributed by atoms with E-state index in [1.807, 2.05) is 55.6 Å².